The highest BCUT2D eigenvalue weighted by atomic mass is 16.2. The molecule has 4 rings (SSSR count). The minimum absolute atomic E-state index is 0.207. The normalized spacial score (nSPS) is 12.3. The van der Waals surface area contributed by atoms with Gasteiger partial charge in [0.05, 0.1) is 16.8 Å². The van der Waals surface area contributed by atoms with E-state index in [4.69, 9.17) is 5.73 Å². The Morgan fingerprint density at radius 1 is 0.731 bits per heavy atom. The number of para-hydroxylation sites is 1. The lowest BCUT2D eigenvalue weighted by Crippen LogP contribution is -2.24. The predicted octanol–water partition coefficient (Wildman–Crippen LogP) is 3.30. The zero-order chi connectivity index (χ0) is 18.3. The van der Waals surface area contributed by atoms with Gasteiger partial charge in [-0.05, 0) is 18.2 Å². The second kappa shape index (κ2) is 5.97. The zero-order valence-corrected chi connectivity index (χ0v) is 13.7. The summed E-state index contributed by atoms with van der Waals surface area (Å²) in [4.78, 5) is 38.2. The maximum atomic E-state index is 12.9. The number of hydrogen-bond acceptors (Lipinski definition) is 4. The van der Waals surface area contributed by atoms with Crippen LogP contribution in [0.25, 0.3) is 0 Å². The van der Waals surface area contributed by atoms with Crippen LogP contribution in [-0.4, -0.2) is 17.5 Å². The van der Waals surface area contributed by atoms with Gasteiger partial charge in [-0.2, -0.15) is 0 Å². The fraction of sp³-hybridized carbons (Fsp3) is 0. The first kappa shape index (κ1) is 15.8. The van der Waals surface area contributed by atoms with Crippen molar-refractivity contribution in [1.29, 1.82) is 0 Å². The molecule has 0 atom stereocenters. The fourth-order valence-electron chi connectivity index (χ4n) is 3.14. The molecule has 0 unspecified atom stereocenters. The number of nitrogens with one attached hydrogen (secondary N) is 1. The van der Waals surface area contributed by atoms with Crippen molar-refractivity contribution in [1.82, 2.24) is 0 Å². The van der Waals surface area contributed by atoms with E-state index in [0.29, 0.717) is 28.1 Å². The highest BCUT2D eigenvalue weighted by Gasteiger charge is 2.31. The minimum atomic E-state index is -0.435. The summed E-state index contributed by atoms with van der Waals surface area (Å²) >= 11 is 0. The van der Waals surface area contributed by atoms with Crippen LogP contribution in [0.1, 0.15) is 42.2 Å². The van der Waals surface area contributed by atoms with Crippen molar-refractivity contribution in [3.63, 3.8) is 0 Å². The predicted molar refractivity (Wildman–Crippen MR) is 98.6 cm³/mol. The van der Waals surface area contributed by atoms with Gasteiger partial charge in [0, 0.05) is 22.4 Å². The lowest BCUT2D eigenvalue weighted by Gasteiger charge is -2.20. The Balaban J connectivity index is 1.79. The molecular weight excluding hydrogens is 328 g/mol. The average molecular weight is 342 g/mol. The number of anilines is 2. The average Bonchev–Trinajstić information content (AvgIpc) is 2.66. The molecule has 1 aliphatic rings. The van der Waals surface area contributed by atoms with E-state index < -0.39 is 5.91 Å². The van der Waals surface area contributed by atoms with Gasteiger partial charge in [-0.3, -0.25) is 14.4 Å². The second-order valence-corrected chi connectivity index (χ2v) is 5.97. The number of rotatable bonds is 2. The maximum Gasteiger partial charge on any atom is 0.257 e. The van der Waals surface area contributed by atoms with E-state index >= 15 is 0 Å². The molecule has 3 aromatic carbocycles. The van der Waals surface area contributed by atoms with Crippen molar-refractivity contribution in [2.45, 2.75) is 0 Å². The van der Waals surface area contributed by atoms with Crippen LogP contribution in [0, 0.1) is 0 Å². The van der Waals surface area contributed by atoms with E-state index in [-0.39, 0.29) is 22.7 Å². The van der Waals surface area contributed by atoms with Crippen LogP contribution in [0.5, 0.6) is 0 Å². The minimum Gasteiger partial charge on any atom is -0.398 e. The van der Waals surface area contributed by atoms with E-state index in [1.807, 2.05) is 0 Å². The van der Waals surface area contributed by atoms with E-state index in [1.165, 1.54) is 0 Å². The molecule has 0 spiro atoms. The summed E-state index contributed by atoms with van der Waals surface area (Å²) in [7, 11) is 0. The monoisotopic (exact) mass is 342 g/mol. The van der Waals surface area contributed by atoms with Crippen molar-refractivity contribution < 1.29 is 14.4 Å². The molecule has 0 fully saturated rings. The van der Waals surface area contributed by atoms with Gasteiger partial charge >= 0.3 is 0 Å². The van der Waals surface area contributed by atoms with Crippen molar-refractivity contribution in [3.8, 4) is 0 Å². The summed E-state index contributed by atoms with van der Waals surface area (Å²) < 4.78 is 0. The quantitative estimate of drug-likeness (QED) is 0.547. The number of ketones is 2. The Kier molecular flexibility index (Phi) is 3.62. The number of fused-ring (bicyclic) bond motifs is 2. The van der Waals surface area contributed by atoms with Gasteiger partial charge < -0.3 is 11.1 Å². The van der Waals surface area contributed by atoms with Crippen LogP contribution < -0.4 is 11.1 Å². The van der Waals surface area contributed by atoms with Crippen LogP contribution >= 0.6 is 0 Å². The van der Waals surface area contributed by atoms with E-state index in [9.17, 15) is 14.4 Å². The Hall–Kier alpha value is -3.73. The molecule has 126 valence electrons. The summed E-state index contributed by atoms with van der Waals surface area (Å²) in [6.07, 6.45) is 0. The van der Waals surface area contributed by atoms with Crippen molar-refractivity contribution in [2.75, 3.05) is 11.1 Å². The van der Waals surface area contributed by atoms with Gasteiger partial charge in [0.2, 0.25) is 0 Å². The molecule has 5 nitrogen and oxygen atoms in total. The molecule has 0 saturated carbocycles. The fourth-order valence-corrected chi connectivity index (χ4v) is 3.14. The zero-order valence-electron chi connectivity index (χ0n) is 13.7. The molecule has 0 aromatic heterocycles. The number of nitrogen functional groups attached to an aromatic ring is 1. The molecule has 0 heterocycles. The second-order valence-electron chi connectivity index (χ2n) is 5.97. The van der Waals surface area contributed by atoms with Gasteiger partial charge in [-0.25, -0.2) is 0 Å². The topological polar surface area (TPSA) is 89.3 Å². The standard InChI is InChI=1S/C21H14N2O3/c22-16-10-4-3-8-14(16)21(26)23-17-11-5-9-15-18(17)20(25)13-7-2-1-6-12(13)19(15)24/h1-11H,22H2,(H,23,26). The number of carbonyl (C=O) groups is 3. The number of amides is 1. The molecule has 0 radical (unpaired) electrons. The summed E-state index contributed by atoms with van der Waals surface area (Å²) in [5, 5.41) is 2.72. The molecule has 0 aliphatic heterocycles. The Morgan fingerprint density at radius 2 is 1.35 bits per heavy atom. The Morgan fingerprint density at radius 3 is 2.08 bits per heavy atom. The molecular formula is C21H14N2O3. The summed E-state index contributed by atoms with van der Waals surface area (Å²) in [6.45, 7) is 0. The number of nitrogens with two attached hydrogens (primary N) is 1. The molecule has 0 saturated heterocycles. The van der Waals surface area contributed by atoms with Crippen molar-refractivity contribution in [3.05, 3.63) is 94.5 Å². The number of carbonyl (C=O) groups excluding carboxylic acids is 3. The lowest BCUT2D eigenvalue weighted by molar-refractivity contribution is 0.0978. The van der Waals surface area contributed by atoms with E-state index in [1.54, 1.807) is 66.7 Å². The van der Waals surface area contributed by atoms with Crippen LogP contribution in [0.4, 0.5) is 11.4 Å². The third-order valence-electron chi connectivity index (χ3n) is 4.41. The molecule has 5 heteroatoms. The maximum absolute atomic E-state index is 12.9. The third kappa shape index (κ3) is 2.38. The smallest absolute Gasteiger partial charge is 0.257 e. The molecule has 1 amide bonds. The summed E-state index contributed by atoms with van der Waals surface area (Å²) in [5.41, 5.74) is 7.99. The van der Waals surface area contributed by atoms with Gasteiger partial charge in [-0.1, -0.05) is 48.5 Å². The van der Waals surface area contributed by atoms with Gasteiger partial charge in [0.1, 0.15) is 0 Å². The van der Waals surface area contributed by atoms with Crippen molar-refractivity contribution in [2.24, 2.45) is 0 Å². The molecule has 1 aliphatic carbocycles. The van der Waals surface area contributed by atoms with Gasteiger partial charge in [-0.15, -0.1) is 0 Å². The summed E-state index contributed by atoms with van der Waals surface area (Å²) in [5.74, 6) is -0.951. The molecule has 26 heavy (non-hydrogen) atoms. The lowest BCUT2D eigenvalue weighted by atomic mass is 9.83. The van der Waals surface area contributed by atoms with Crippen molar-refractivity contribution >= 4 is 28.8 Å². The van der Waals surface area contributed by atoms with Crippen LogP contribution in [0.15, 0.2) is 66.7 Å². The first-order chi connectivity index (χ1) is 12.6. The van der Waals surface area contributed by atoms with E-state index in [2.05, 4.69) is 5.32 Å². The van der Waals surface area contributed by atoms with Crippen LogP contribution in [0.2, 0.25) is 0 Å². The Labute approximate surface area is 149 Å². The first-order valence-electron chi connectivity index (χ1n) is 8.05. The number of hydrogen-bond donors (Lipinski definition) is 2. The van der Waals surface area contributed by atoms with Gasteiger partial charge in [0.15, 0.2) is 11.6 Å². The Bertz CT molecular complexity index is 1090. The SMILES string of the molecule is Nc1ccccc1C(=O)Nc1cccc2c1C(=O)c1ccccc1C2=O. The van der Waals surface area contributed by atoms with Crippen LogP contribution in [0.3, 0.4) is 0 Å². The highest BCUT2D eigenvalue weighted by molar-refractivity contribution is 6.30. The molecule has 0 bridgehead atoms. The first-order valence-corrected chi connectivity index (χ1v) is 8.05. The van der Waals surface area contributed by atoms with E-state index in [0.717, 1.165) is 0 Å². The molecule has 3 aromatic rings. The molecule has 3 N–H and O–H groups in total. The number of benzene rings is 3. The van der Waals surface area contributed by atoms with Gasteiger partial charge in [0.25, 0.3) is 5.91 Å². The van der Waals surface area contributed by atoms with Crippen LogP contribution in [-0.2, 0) is 0 Å². The third-order valence-corrected chi connectivity index (χ3v) is 4.41. The largest absolute Gasteiger partial charge is 0.398 e. The summed E-state index contributed by atoms with van der Waals surface area (Å²) in [6, 6.07) is 18.2. The highest BCUT2D eigenvalue weighted by Crippen LogP contribution is 2.32.